The maximum Gasteiger partial charge on any atom is 0.269 e. The van der Waals surface area contributed by atoms with Crippen molar-refractivity contribution in [2.75, 3.05) is 0 Å². The van der Waals surface area contributed by atoms with Crippen molar-refractivity contribution in [3.63, 3.8) is 0 Å². The Kier molecular flexibility index (Phi) is 3.80. The van der Waals surface area contributed by atoms with Gasteiger partial charge in [-0.15, -0.1) is 0 Å². The quantitative estimate of drug-likeness (QED) is 0.433. The first kappa shape index (κ1) is 16.8. The highest BCUT2D eigenvalue weighted by Gasteiger charge is 2.66. The first-order valence-corrected chi connectivity index (χ1v) is 9.13. The van der Waals surface area contributed by atoms with Gasteiger partial charge in [-0.2, -0.15) is 0 Å². The number of aliphatic imine (C=N–C) groups is 1. The van der Waals surface area contributed by atoms with Crippen LogP contribution in [0.25, 0.3) is 0 Å². The van der Waals surface area contributed by atoms with E-state index in [0.717, 1.165) is 21.7 Å². The molecule has 1 unspecified atom stereocenters. The molecule has 0 aromatic heterocycles. The molecule has 0 saturated carbocycles. The molecular weight excluding hydrogens is 357 g/mol. The van der Waals surface area contributed by atoms with Gasteiger partial charge >= 0.3 is 0 Å². The largest absolute Gasteiger partial charge is 0.286 e. The highest BCUT2D eigenvalue weighted by atomic mass is 19.1. The smallest absolute Gasteiger partial charge is 0.269 e. The number of halogens is 1. The molecule has 0 bridgehead atoms. The number of nitrogens with zero attached hydrogens (tertiary/aromatic N) is 2. The summed E-state index contributed by atoms with van der Waals surface area (Å²) in [5.74, 6) is -0.258. The Bertz CT molecular complexity index is 1080. The van der Waals surface area contributed by atoms with Crippen LogP contribution in [0.2, 0.25) is 0 Å². The Balaban J connectivity index is 1.55. The van der Waals surface area contributed by atoms with Crippen LogP contribution in [-0.4, -0.2) is 16.7 Å². The molecule has 138 valence electrons. The predicted molar refractivity (Wildman–Crippen MR) is 103 cm³/mol. The summed E-state index contributed by atoms with van der Waals surface area (Å²) in [6, 6.07) is 23.6. The first-order chi connectivity index (χ1) is 13.6. The van der Waals surface area contributed by atoms with E-state index in [1.54, 1.807) is 24.3 Å². The van der Waals surface area contributed by atoms with Gasteiger partial charge in [0.2, 0.25) is 6.17 Å². The third-order valence-corrected chi connectivity index (χ3v) is 5.55. The van der Waals surface area contributed by atoms with Crippen molar-refractivity contribution in [3.8, 4) is 0 Å². The molecule has 1 saturated heterocycles. The van der Waals surface area contributed by atoms with Crippen LogP contribution < -0.4 is 4.90 Å². The predicted octanol–water partition coefficient (Wildman–Crippen LogP) is 3.24. The van der Waals surface area contributed by atoms with Crippen molar-refractivity contribution in [1.29, 1.82) is 0 Å². The van der Waals surface area contributed by atoms with E-state index in [9.17, 15) is 14.5 Å². The number of rotatable bonds is 4. The number of hydrogen-bond acceptors (Lipinski definition) is 3. The molecule has 5 rings (SSSR count). The summed E-state index contributed by atoms with van der Waals surface area (Å²) in [4.78, 5) is 16.6. The minimum atomic E-state index is -0.399. The van der Waals surface area contributed by atoms with Crippen LogP contribution in [0, 0.1) is 15.9 Å². The monoisotopic (exact) mass is 374 g/mol. The molecule has 3 aromatic rings. The molecule has 1 fully saturated rings. The summed E-state index contributed by atoms with van der Waals surface area (Å²) in [5, 5.41) is 10.9. The van der Waals surface area contributed by atoms with Gasteiger partial charge in [-0.05, 0) is 24.3 Å². The lowest BCUT2D eigenvalue weighted by molar-refractivity contribution is -0.817. The van der Waals surface area contributed by atoms with Gasteiger partial charge in [0.25, 0.3) is 5.69 Å². The van der Waals surface area contributed by atoms with Crippen LogP contribution >= 0.6 is 0 Å². The maximum atomic E-state index is 14.5. The van der Waals surface area contributed by atoms with E-state index >= 15 is 0 Å². The standard InChI is InChI=1S/C22H16FN3O2/c23-18-9-5-4-8-17(18)22-24-19(14-6-2-1-3-7-14)21-20(25(21)22)15-10-12-16(13-11-15)26(27)28/h1-13,20-22H/p+1/t20-,21-,22+,25?/m0/s1. The molecule has 0 spiro atoms. The number of nitrogens with one attached hydrogen (secondary N) is 1. The van der Waals surface area contributed by atoms with Crippen LogP contribution in [0.4, 0.5) is 10.1 Å². The number of hydrogen-bond donors (Lipinski definition) is 1. The highest BCUT2D eigenvalue weighted by molar-refractivity contribution is 6.06. The van der Waals surface area contributed by atoms with Crippen LogP contribution in [-0.2, 0) is 0 Å². The van der Waals surface area contributed by atoms with Crippen LogP contribution in [0.3, 0.4) is 0 Å². The number of nitro benzene ring substituents is 1. The number of fused-ring (bicyclic) bond motifs is 1. The lowest BCUT2D eigenvalue weighted by Crippen LogP contribution is -2.93. The van der Waals surface area contributed by atoms with Crippen molar-refractivity contribution >= 4 is 11.4 Å². The zero-order valence-corrected chi connectivity index (χ0v) is 14.8. The van der Waals surface area contributed by atoms with Gasteiger partial charge in [-0.1, -0.05) is 42.5 Å². The second-order valence-electron chi connectivity index (χ2n) is 7.11. The molecule has 1 N–H and O–H groups in total. The fourth-order valence-electron chi connectivity index (χ4n) is 4.23. The minimum absolute atomic E-state index is 0.0714. The minimum Gasteiger partial charge on any atom is -0.286 e. The molecule has 0 aliphatic carbocycles. The van der Waals surface area contributed by atoms with E-state index in [2.05, 4.69) is 0 Å². The molecule has 2 heterocycles. The fraction of sp³-hybridized carbons (Fsp3) is 0.136. The van der Waals surface area contributed by atoms with Crippen LogP contribution in [0.1, 0.15) is 28.9 Å². The van der Waals surface area contributed by atoms with E-state index in [1.807, 2.05) is 36.4 Å². The Morgan fingerprint density at radius 2 is 1.57 bits per heavy atom. The number of non-ortho nitro benzene ring substituents is 1. The van der Waals surface area contributed by atoms with Gasteiger partial charge in [-0.3, -0.25) is 15.0 Å². The molecule has 0 amide bonds. The highest BCUT2D eigenvalue weighted by Crippen LogP contribution is 2.37. The van der Waals surface area contributed by atoms with Gasteiger partial charge in [0, 0.05) is 23.3 Å². The number of nitro groups is 1. The Hall–Kier alpha value is -3.38. The van der Waals surface area contributed by atoms with Gasteiger partial charge < -0.3 is 0 Å². The summed E-state index contributed by atoms with van der Waals surface area (Å²) in [6.45, 7) is 0. The van der Waals surface area contributed by atoms with E-state index in [-0.39, 0.29) is 29.8 Å². The zero-order valence-electron chi connectivity index (χ0n) is 14.8. The zero-order chi connectivity index (χ0) is 19.3. The number of quaternary nitrogens is 1. The van der Waals surface area contributed by atoms with Crippen molar-refractivity contribution in [2.24, 2.45) is 4.99 Å². The van der Waals surface area contributed by atoms with Crippen molar-refractivity contribution in [2.45, 2.75) is 18.2 Å². The molecule has 0 radical (unpaired) electrons. The summed E-state index contributed by atoms with van der Waals surface area (Å²) >= 11 is 0. The SMILES string of the molecule is O=[N+]([O-])c1ccc([C@H]2[C@@H]3C(c4ccccc4)=N[C@@H](c4ccccc4F)[NH+]32)cc1. The Labute approximate surface area is 160 Å². The van der Waals surface area contributed by atoms with E-state index < -0.39 is 4.92 Å². The van der Waals surface area contributed by atoms with Gasteiger partial charge in [0.05, 0.1) is 10.5 Å². The Morgan fingerprint density at radius 3 is 2.25 bits per heavy atom. The summed E-state index contributed by atoms with van der Waals surface area (Å²) in [6.07, 6.45) is -0.318. The van der Waals surface area contributed by atoms with Gasteiger partial charge in [0.1, 0.15) is 11.5 Å². The maximum absolute atomic E-state index is 14.5. The second kappa shape index (κ2) is 6.35. The molecular formula is C22H17FN3O2+. The normalized spacial score (nSPS) is 25.1. The molecule has 3 aromatic carbocycles. The van der Waals surface area contributed by atoms with Gasteiger partial charge in [-0.25, -0.2) is 9.38 Å². The lowest BCUT2D eigenvalue weighted by atomic mass is 10.0. The van der Waals surface area contributed by atoms with E-state index in [4.69, 9.17) is 4.99 Å². The molecule has 2 aliphatic rings. The summed E-state index contributed by atoms with van der Waals surface area (Å²) < 4.78 is 14.5. The molecule has 5 nitrogen and oxygen atoms in total. The first-order valence-electron chi connectivity index (χ1n) is 9.13. The molecule has 6 heteroatoms. The second-order valence-corrected chi connectivity index (χ2v) is 7.11. The van der Waals surface area contributed by atoms with Gasteiger partial charge in [0.15, 0.2) is 12.1 Å². The fourth-order valence-corrected chi connectivity index (χ4v) is 4.23. The summed E-state index contributed by atoms with van der Waals surface area (Å²) in [7, 11) is 0. The van der Waals surface area contributed by atoms with Crippen molar-refractivity contribution in [3.05, 3.63) is 111 Å². The molecule has 28 heavy (non-hydrogen) atoms. The average molecular weight is 374 g/mol. The van der Waals surface area contributed by atoms with Crippen molar-refractivity contribution in [1.82, 2.24) is 0 Å². The van der Waals surface area contributed by atoms with E-state index in [0.29, 0.717) is 5.56 Å². The van der Waals surface area contributed by atoms with Crippen LogP contribution in [0.15, 0.2) is 83.9 Å². The molecule has 2 aliphatic heterocycles. The third kappa shape index (κ3) is 2.61. The number of benzene rings is 3. The topological polar surface area (TPSA) is 59.9 Å². The Morgan fingerprint density at radius 1 is 0.893 bits per heavy atom. The lowest BCUT2D eigenvalue weighted by Gasteiger charge is -2.11. The van der Waals surface area contributed by atoms with Crippen molar-refractivity contribution < 1.29 is 14.2 Å². The summed E-state index contributed by atoms with van der Waals surface area (Å²) in [5.41, 5.74) is 3.66. The molecule has 4 atom stereocenters. The average Bonchev–Trinajstić information content (AvgIpc) is 3.33. The van der Waals surface area contributed by atoms with E-state index in [1.165, 1.54) is 18.2 Å². The third-order valence-electron chi connectivity index (χ3n) is 5.55. The van der Waals surface area contributed by atoms with Crippen LogP contribution in [0.5, 0.6) is 0 Å².